The number of anilines is 2. The van der Waals surface area contributed by atoms with Gasteiger partial charge in [0.25, 0.3) is 0 Å². The van der Waals surface area contributed by atoms with Gasteiger partial charge >= 0.3 is 6.18 Å². The number of hydrogen-bond acceptors (Lipinski definition) is 2. The third-order valence-electron chi connectivity index (χ3n) is 2.93. The van der Waals surface area contributed by atoms with Gasteiger partial charge in [0.15, 0.2) is 0 Å². The van der Waals surface area contributed by atoms with Crippen LogP contribution in [0.25, 0.3) is 0 Å². The molecule has 0 aliphatic carbocycles. The average molecular weight is 294 g/mol. The molecular formula is C15H10F4N2. The lowest BCUT2D eigenvalue weighted by molar-refractivity contribution is -0.139. The highest BCUT2D eigenvalue weighted by molar-refractivity contribution is 5.70. The van der Waals surface area contributed by atoms with E-state index in [-0.39, 0.29) is 5.69 Å². The van der Waals surface area contributed by atoms with Crippen molar-refractivity contribution in [2.45, 2.75) is 13.1 Å². The number of alkyl halides is 3. The zero-order valence-corrected chi connectivity index (χ0v) is 10.9. The molecule has 1 N–H and O–H groups in total. The topological polar surface area (TPSA) is 35.8 Å². The third-order valence-corrected chi connectivity index (χ3v) is 2.93. The van der Waals surface area contributed by atoms with Gasteiger partial charge in [-0.2, -0.15) is 18.4 Å². The molecular weight excluding hydrogens is 284 g/mol. The van der Waals surface area contributed by atoms with Crippen LogP contribution in [0.5, 0.6) is 0 Å². The molecule has 6 heteroatoms. The van der Waals surface area contributed by atoms with Crippen molar-refractivity contribution in [1.29, 1.82) is 5.26 Å². The number of benzene rings is 2. The summed E-state index contributed by atoms with van der Waals surface area (Å²) in [5.74, 6) is -1.33. The number of halogens is 4. The Morgan fingerprint density at radius 2 is 1.86 bits per heavy atom. The Balaban J connectivity index is 2.45. The van der Waals surface area contributed by atoms with E-state index in [1.165, 1.54) is 6.07 Å². The summed E-state index contributed by atoms with van der Waals surface area (Å²) in [7, 11) is 0. The SMILES string of the molecule is Cc1cccc(C#N)c1Nc1ccc(F)c(C(F)(F)F)c1. The van der Waals surface area contributed by atoms with Gasteiger partial charge in [0.2, 0.25) is 0 Å². The van der Waals surface area contributed by atoms with Crippen LogP contribution in [-0.4, -0.2) is 0 Å². The highest BCUT2D eigenvalue weighted by atomic mass is 19.4. The molecule has 0 fully saturated rings. The van der Waals surface area contributed by atoms with Crippen LogP contribution in [0.1, 0.15) is 16.7 Å². The van der Waals surface area contributed by atoms with E-state index in [9.17, 15) is 17.6 Å². The highest BCUT2D eigenvalue weighted by Gasteiger charge is 2.34. The van der Waals surface area contributed by atoms with E-state index in [0.717, 1.165) is 6.07 Å². The van der Waals surface area contributed by atoms with Crippen molar-refractivity contribution < 1.29 is 17.6 Å². The van der Waals surface area contributed by atoms with Crippen LogP contribution in [0.15, 0.2) is 36.4 Å². The second kappa shape index (κ2) is 5.44. The zero-order chi connectivity index (χ0) is 15.6. The maximum atomic E-state index is 13.2. The maximum absolute atomic E-state index is 13.2. The highest BCUT2D eigenvalue weighted by Crippen LogP contribution is 2.34. The summed E-state index contributed by atoms with van der Waals surface area (Å²) in [5, 5.41) is 11.8. The molecule has 0 atom stereocenters. The molecule has 0 aromatic heterocycles. The maximum Gasteiger partial charge on any atom is 0.419 e. The Bertz CT molecular complexity index is 715. The van der Waals surface area contributed by atoms with Gasteiger partial charge in [-0.3, -0.25) is 0 Å². The van der Waals surface area contributed by atoms with E-state index in [4.69, 9.17) is 5.26 Å². The van der Waals surface area contributed by atoms with Crippen molar-refractivity contribution in [2.75, 3.05) is 5.32 Å². The van der Waals surface area contributed by atoms with Crippen LogP contribution in [-0.2, 0) is 6.18 Å². The molecule has 0 bridgehead atoms. The fourth-order valence-electron chi connectivity index (χ4n) is 1.89. The molecule has 2 aromatic rings. The number of nitriles is 1. The molecule has 21 heavy (non-hydrogen) atoms. The number of nitrogens with zero attached hydrogens (tertiary/aromatic N) is 1. The predicted octanol–water partition coefficient (Wildman–Crippen LogP) is 4.77. The van der Waals surface area contributed by atoms with Crippen LogP contribution in [0.3, 0.4) is 0 Å². The van der Waals surface area contributed by atoms with Gasteiger partial charge in [-0.25, -0.2) is 4.39 Å². The van der Waals surface area contributed by atoms with E-state index < -0.39 is 17.6 Å². The predicted molar refractivity (Wildman–Crippen MR) is 70.6 cm³/mol. The van der Waals surface area contributed by atoms with Crippen LogP contribution in [0.4, 0.5) is 28.9 Å². The molecule has 0 spiro atoms. The first-order chi connectivity index (χ1) is 9.82. The first-order valence-corrected chi connectivity index (χ1v) is 5.96. The van der Waals surface area contributed by atoms with Gasteiger partial charge in [-0.1, -0.05) is 12.1 Å². The van der Waals surface area contributed by atoms with Crippen LogP contribution < -0.4 is 5.32 Å². The van der Waals surface area contributed by atoms with Crippen LogP contribution in [0.2, 0.25) is 0 Å². The van der Waals surface area contributed by atoms with E-state index in [1.807, 2.05) is 6.07 Å². The third kappa shape index (κ3) is 3.14. The minimum atomic E-state index is -4.77. The first-order valence-electron chi connectivity index (χ1n) is 5.96. The fraction of sp³-hybridized carbons (Fsp3) is 0.133. The van der Waals surface area contributed by atoms with E-state index in [0.29, 0.717) is 22.9 Å². The van der Waals surface area contributed by atoms with E-state index >= 15 is 0 Å². The summed E-state index contributed by atoms with van der Waals surface area (Å²) in [6.07, 6.45) is -4.77. The van der Waals surface area contributed by atoms with Crippen LogP contribution >= 0.6 is 0 Å². The van der Waals surface area contributed by atoms with Gasteiger partial charge in [0.05, 0.1) is 16.8 Å². The van der Waals surface area contributed by atoms with Crippen molar-refractivity contribution in [3.8, 4) is 6.07 Å². The normalized spacial score (nSPS) is 11.0. The number of aryl methyl sites for hydroxylation is 1. The lowest BCUT2D eigenvalue weighted by atomic mass is 10.1. The lowest BCUT2D eigenvalue weighted by Gasteiger charge is -2.14. The molecule has 0 saturated heterocycles. The van der Waals surface area contributed by atoms with Gasteiger partial charge in [0, 0.05) is 5.69 Å². The fourth-order valence-corrected chi connectivity index (χ4v) is 1.89. The molecule has 0 unspecified atom stereocenters. The van der Waals surface area contributed by atoms with E-state index in [1.54, 1.807) is 25.1 Å². The Hall–Kier alpha value is -2.55. The average Bonchev–Trinajstić information content (AvgIpc) is 2.41. The van der Waals surface area contributed by atoms with Gasteiger partial charge in [0.1, 0.15) is 11.9 Å². The van der Waals surface area contributed by atoms with Crippen molar-refractivity contribution in [3.63, 3.8) is 0 Å². The quantitative estimate of drug-likeness (QED) is 0.810. The lowest BCUT2D eigenvalue weighted by Crippen LogP contribution is -2.09. The van der Waals surface area contributed by atoms with Crippen molar-refractivity contribution in [1.82, 2.24) is 0 Å². The molecule has 0 saturated carbocycles. The Kier molecular flexibility index (Phi) is 3.85. The van der Waals surface area contributed by atoms with Crippen molar-refractivity contribution >= 4 is 11.4 Å². The molecule has 0 radical (unpaired) electrons. The Morgan fingerprint density at radius 1 is 1.14 bits per heavy atom. The standard InChI is InChI=1S/C15H10F4N2/c1-9-3-2-4-10(8-20)14(9)21-11-5-6-13(16)12(7-11)15(17,18)19/h2-7,21H,1H3. The molecule has 108 valence electrons. The second-order valence-electron chi connectivity index (χ2n) is 4.43. The van der Waals surface area contributed by atoms with Crippen molar-refractivity contribution in [2.24, 2.45) is 0 Å². The first kappa shape index (κ1) is 14.9. The minimum absolute atomic E-state index is 0.0644. The number of nitrogens with one attached hydrogen (secondary N) is 1. The molecule has 0 amide bonds. The van der Waals surface area contributed by atoms with Gasteiger partial charge in [-0.15, -0.1) is 0 Å². The largest absolute Gasteiger partial charge is 0.419 e. The van der Waals surface area contributed by atoms with Crippen LogP contribution in [0, 0.1) is 24.1 Å². The Labute approximate surface area is 118 Å². The number of hydrogen-bond donors (Lipinski definition) is 1. The summed E-state index contributed by atoms with van der Waals surface area (Å²) >= 11 is 0. The van der Waals surface area contributed by atoms with Gasteiger partial charge in [-0.05, 0) is 36.8 Å². The molecule has 0 aliphatic rings. The minimum Gasteiger partial charge on any atom is -0.354 e. The molecule has 0 heterocycles. The molecule has 0 aliphatic heterocycles. The summed E-state index contributed by atoms with van der Waals surface area (Å²) in [6.45, 7) is 1.72. The zero-order valence-electron chi connectivity index (χ0n) is 10.9. The van der Waals surface area contributed by atoms with Crippen molar-refractivity contribution in [3.05, 3.63) is 58.9 Å². The Morgan fingerprint density at radius 3 is 2.48 bits per heavy atom. The second-order valence-corrected chi connectivity index (χ2v) is 4.43. The number of para-hydroxylation sites is 1. The molecule has 2 rings (SSSR count). The number of rotatable bonds is 2. The summed E-state index contributed by atoms with van der Waals surface area (Å²) < 4.78 is 51.2. The van der Waals surface area contributed by atoms with E-state index in [2.05, 4.69) is 5.32 Å². The smallest absolute Gasteiger partial charge is 0.354 e. The monoisotopic (exact) mass is 294 g/mol. The summed E-state index contributed by atoms with van der Waals surface area (Å²) in [4.78, 5) is 0. The summed E-state index contributed by atoms with van der Waals surface area (Å²) in [5.41, 5.74) is 0.119. The summed E-state index contributed by atoms with van der Waals surface area (Å²) in [6, 6.07) is 9.51. The molecule has 2 aromatic carbocycles. The molecule has 2 nitrogen and oxygen atoms in total. The van der Waals surface area contributed by atoms with Gasteiger partial charge < -0.3 is 5.32 Å².